The summed E-state index contributed by atoms with van der Waals surface area (Å²) in [5, 5.41) is 15.4. The Labute approximate surface area is 226 Å². The molecule has 0 saturated carbocycles. The van der Waals surface area contributed by atoms with Gasteiger partial charge in [0.25, 0.3) is 5.69 Å². The first kappa shape index (κ1) is 26.5. The van der Waals surface area contributed by atoms with E-state index in [1.807, 2.05) is 36.5 Å². The van der Waals surface area contributed by atoms with Crippen LogP contribution in [0.2, 0.25) is 0 Å². The summed E-state index contributed by atoms with van der Waals surface area (Å²) in [6, 6.07) is 20.9. The Morgan fingerprint density at radius 1 is 1.05 bits per heavy atom. The van der Waals surface area contributed by atoms with E-state index in [1.165, 1.54) is 18.2 Å². The molecule has 0 bridgehead atoms. The van der Waals surface area contributed by atoms with Crippen LogP contribution in [0.15, 0.2) is 79.0 Å². The number of nitrogens with one attached hydrogen (secondary N) is 1. The normalized spacial score (nSPS) is 14.8. The average molecular weight is 531 g/mol. The van der Waals surface area contributed by atoms with Crippen LogP contribution in [-0.2, 0) is 16.1 Å². The summed E-state index contributed by atoms with van der Waals surface area (Å²) in [6.45, 7) is 4.88. The topological polar surface area (TPSA) is 89.6 Å². The highest BCUT2D eigenvalue weighted by Crippen LogP contribution is 2.37. The molecule has 2 heterocycles. The van der Waals surface area contributed by atoms with Gasteiger partial charge >= 0.3 is 0 Å². The fraction of sp³-hybridized carbons (Fsp3) is 0.300. The molecule has 1 aromatic heterocycles. The summed E-state index contributed by atoms with van der Waals surface area (Å²) < 4.78 is 21.3. The van der Waals surface area contributed by atoms with E-state index in [-0.39, 0.29) is 23.8 Å². The van der Waals surface area contributed by atoms with Gasteiger partial charge in [0.1, 0.15) is 5.82 Å². The van der Waals surface area contributed by atoms with Gasteiger partial charge in [0, 0.05) is 74.3 Å². The van der Waals surface area contributed by atoms with Gasteiger partial charge in [-0.15, -0.1) is 0 Å². The number of hydrogen-bond acceptors (Lipinski definition) is 5. The number of amides is 1. The number of nitro groups is 1. The standard InChI is InChI=1S/C30H31FN4O4/c31-24-8-6-23(7-9-24)26(19-30(36)32-12-13-33-14-16-39-17-15-33)28-21-34(20-22-4-2-1-3-5-22)29-11-10-25(35(37)38)18-27(28)29/h1-11,18,21,26H,12-17,19-20H2,(H,32,36)/t26-/m1/s1. The fourth-order valence-electron chi connectivity index (χ4n) is 5.15. The summed E-state index contributed by atoms with van der Waals surface area (Å²) in [5.74, 6) is -0.919. The smallest absolute Gasteiger partial charge is 0.270 e. The minimum Gasteiger partial charge on any atom is -0.379 e. The molecule has 0 aliphatic carbocycles. The van der Waals surface area contributed by atoms with Crippen LogP contribution in [0.25, 0.3) is 10.9 Å². The number of aromatic nitrogens is 1. The summed E-state index contributed by atoms with van der Waals surface area (Å²) in [5.41, 5.74) is 3.45. The number of benzene rings is 3. The lowest BCUT2D eigenvalue weighted by atomic mass is 9.88. The number of carbonyl (C=O) groups is 1. The van der Waals surface area contributed by atoms with Gasteiger partial charge in [-0.05, 0) is 34.9 Å². The van der Waals surface area contributed by atoms with Gasteiger partial charge in [-0.25, -0.2) is 4.39 Å². The zero-order valence-corrected chi connectivity index (χ0v) is 21.6. The number of fused-ring (bicyclic) bond motifs is 1. The first-order valence-electron chi connectivity index (χ1n) is 13.1. The van der Waals surface area contributed by atoms with Crippen molar-refractivity contribution in [1.29, 1.82) is 0 Å². The third-order valence-corrected chi connectivity index (χ3v) is 7.19. The number of morpholine rings is 1. The highest BCUT2D eigenvalue weighted by atomic mass is 19.1. The second-order valence-electron chi connectivity index (χ2n) is 9.77. The van der Waals surface area contributed by atoms with Gasteiger partial charge in [0.2, 0.25) is 5.91 Å². The van der Waals surface area contributed by atoms with Gasteiger partial charge in [0.15, 0.2) is 0 Å². The molecule has 1 N–H and O–H groups in total. The van der Waals surface area contributed by atoms with Crippen molar-refractivity contribution in [3.8, 4) is 0 Å². The van der Waals surface area contributed by atoms with Gasteiger partial charge in [-0.2, -0.15) is 0 Å². The van der Waals surface area contributed by atoms with Crippen LogP contribution < -0.4 is 5.32 Å². The lowest BCUT2D eigenvalue weighted by molar-refractivity contribution is -0.384. The number of rotatable bonds is 10. The molecule has 1 fully saturated rings. The molecule has 0 spiro atoms. The monoisotopic (exact) mass is 530 g/mol. The predicted octanol–water partition coefficient (Wildman–Crippen LogP) is 4.71. The molecule has 9 heteroatoms. The van der Waals surface area contributed by atoms with Crippen molar-refractivity contribution in [2.24, 2.45) is 0 Å². The van der Waals surface area contributed by atoms with E-state index < -0.39 is 10.8 Å². The Hall–Kier alpha value is -4.08. The lowest BCUT2D eigenvalue weighted by Gasteiger charge is -2.26. The molecule has 1 atom stereocenters. The zero-order chi connectivity index (χ0) is 27.2. The number of halogens is 1. The van der Waals surface area contributed by atoms with E-state index in [2.05, 4.69) is 14.8 Å². The molecule has 3 aromatic carbocycles. The summed E-state index contributed by atoms with van der Waals surface area (Å²) in [6.07, 6.45) is 2.10. The van der Waals surface area contributed by atoms with Crippen LogP contribution in [0.1, 0.15) is 29.0 Å². The van der Waals surface area contributed by atoms with Crippen LogP contribution in [0.4, 0.5) is 10.1 Å². The van der Waals surface area contributed by atoms with E-state index in [0.717, 1.165) is 41.8 Å². The van der Waals surface area contributed by atoms with Crippen molar-refractivity contribution >= 4 is 22.5 Å². The van der Waals surface area contributed by atoms with Crippen LogP contribution in [0, 0.1) is 15.9 Å². The Morgan fingerprint density at radius 2 is 1.79 bits per heavy atom. The second kappa shape index (κ2) is 12.2. The first-order chi connectivity index (χ1) is 19.0. The number of carbonyl (C=O) groups excluding carboxylic acids is 1. The van der Waals surface area contributed by atoms with Crippen molar-refractivity contribution in [2.75, 3.05) is 39.4 Å². The average Bonchev–Trinajstić information content (AvgIpc) is 3.30. The van der Waals surface area contributed by atoms with Crippen LogP contribution in [-0.4, -0.2) is 59.7 Å². The molecule has 0 radical (unpaired) electrons. The van der Waals surface area contributed by atoms with Gasteiger partial charge in [-0.3, -0.25) is 19.8 Å². The molecular formula is C30H31FN4O4. The summed E-state index contributed by atoms with van der Waals surface area (Å²) in [4.78, 5) is 26.6. The molecule has 1 aliphatic heterocycles. The maximum absolute atomic E-state index is 13.8. The van der Waals surface area contributed by atoms with Gasteiger partial charge in [0.05, 0.1) is 18.1 Å². The molecular weight excluding hydrogens is 499 g/mol. The molecule has 1 amide bonds. The zero-order valence-electron chi connectivity index (χ0n) is 21.6. The van der Waals surface area contributed by atoms with Crippen molar-refractivity contribution < 1.29 is 18.8 Å². The van der Waals surface area contributed by atoms with Crippen LogP contribution >= 0.6 is 0 Å². The largest absolute Gasteiger partial charge is 0.379 e. The number of non-ortho nitro benzene ring substituents is 1. The quantitative estimate of drug-likeness (QED) is 0.237. The Balaban J connectivity index is 1.48. The highest BCUT2D eigenvalue weighted by molar-refractivity contribution is 5.88. The number of hydrogen-bond donors (Lipinski definition) is 1. The highest BCUT2D eigenvalue weighted by Gasteiger charge is 2.24. The van der Waals surface area contributed by atoms with Gasteiger partial charge in [-0.1, -0.05) is 42.5 Å². The third-order valence-electron chi connectivity index (χ3n) is 7.19. The Morgan fingerprint density at radius 3 is 2.51 bits per heavy atom. The molecule has 8 nitrogen and oxygen atoms in total. The van der Waals surface area contributed by atoms with Crippen LogP contribution in [0.3, 0.4) is 0 Å². The van der Waals surface area contributed by atoms with Crippen molar-refractivity contribution in [2.45, 2.75) is 18.9 Å². The molecule has 5 rings (SSSR count). The van der Waals surface area contributed by atoms with E-state index >= 15 is 0 Å². The first-order valence-corrected chi connectivity index (χ1v) is 13.1. The van der Waals surface area contributed by atoms with Crippen molar-refractivity contribution in [1.82, 2.24) is 14.8 Å². The molecule has 0 unspecified atom stereocenters. The minimum atomic E-state index is -0.421. The number of nitro benzene ring substituents is 1. The fourth-order valence-corrected chi connectivity index (χ4v) is 5.15. The molecule has 202 valence electrons. The summed E-state index contributed by atoms with van der Waals surface area (Å²) in [7, 11) is 0. The Bertz CT molecular complexity index is 1430. The maximum Gasteiger partial charge on any atom is 0.270 e. The molecule has 1 aliphatic rings. The van der Waals surface area contributed by atoms with Crippen LogP contribution in [0.5, 0.6) is 0 Å². The van der Waals surface area contributed by atoms with Crippen molar-refractivity contribution in [3.63, 3.8) is 0 Å². The van der Waals surface area contributed by atoms with E-state index in [0.29, 0.717) is 31.7 Å². The Kier molecular flexibility index (Phi) is 8.29. The third kappa shape index (κ3) is 6.50. The number of ether oxygens (including phenoxy) is 1. The van der Waals surface area contributed by atoms with Crippen molar-refractivity contribution in [3.05, 3.63) is 112 Å². The lowest BCUT2D eigenvalue weighted by Crippen LogP contribution is -2.41. The molecule has 1 saturated heterocycles. The SMILES string of the molecule is O=C(C[C@H](c1ccc(F)cc1)c1cn(Cc2ccccc2)c2ccc([N+](=O)[O-])cc12)NCCN1CCOCC1. The predicted molar refractivity (Wildman–Crippen MR) is 147 cm³/mol. The maximum atomic E-state index is 13.8. The van der Waals surface area contributed by atoms with E-state index in [9.17, 15) is 19.3 Å². The van der Waals surface area contributed by atoms with Gasteiger partial charge < -0.3 is 14.6 Å². The van der Waals surface area contributed by atoms with E-state index in [1.54, 1.807) is 24.3 Å². The molecule has 39 heavy (non-hydrogen) atoms. The van der Waals surface area contributed by atoms with E-state index in [4.69, 9.17) is 4.74 Å². The second-order valence-corrected chi connectivity index (χ2v) is 9.77. The molecule has 4 aromatic rings. The summed E-state index contributed by atoms with van der Waals surface area (Å²) >= 11 is 0. The number of nitrogens with zero attached hydrogens (tertiary/aromatic N) is 3. The minimum absolute atomic E-state index is 0.0194.